The van der Waals surface area contributed by atoms with Crippen LogP contribution < -0.4 is 0 Å². The summed E-state index contributed by atoms with van der Waals surface area (Å²) >= 11 is 12.0. The molecule has 0 radical (unpaired) electrons. The van der Waals surface area contributed by atoms with E-state index in [0.717, 1.165) is 28.8 Å². The fourth-order valence-electron chi connectivity index (χ4n) is 3.30. The monoisotopic (exact) mass is 415 g/mol. The van der Waals surface area contributed by atoms with E-state index < -0.39 is 0 Å². The molecule has 3 rings (SSSR count). The summed E-state index contributed by atoms with van der Waals surface area (Å²) in [7, 11) is 0. The second-order valence-electron chi connectivity index (χ2n) is 7.17. The van der Waals surface area contributed by atoms with Gasteiger partial charge in [-0.3, -0.25) is 4.79 Å². The number of esters is 1. The van der Waals surface area contributed by atoms with E-state index in [-0.39, 0.29) is 24.4 Å². The number of hydrogen-bond donors (Lipinski definition) is 1. The molecule has 0 aliphatic heterocycles. The number of hydrogen-bond acceptors (Lipinski definition) is 2. The topological polar surface area (TPSA) is 42.1 Å². The summed E-state index contributed by atoms with van der Waals surface area (Å²) in [6.45, 7) is 4.23. The standard InChI is InChI=1S/C23H23Cl2NO2/c1-15(2)22(17-6-8-19(24)9-7-17)23(27)28-14-21-18(10-11-26-21)12-16-4-3-5-20(25)13-16/h3-11,13,15,22,26H,12,14H2,1-2H3. The van der Waals surface area contributed by atoms with Gasteiger partial charge < -0.3 is 9.72 Å². The fraction of sp³-hybridized carbons (Fsp3) is 0.261. The van der Waals surface area contributed by atoms with Crippen LogP contribution in [0.4, 0.5) is 0 Å². The molecule has 0 spiro atoms. The summed E-state index contributed by atoms with van der Waals surface area (Å²) in [6, 6.07) is 17.1. The Morgan fingerprint density at radius 3 is 2.46 bits per heavy atom. The van der Waals surface area contributed by atoms with Crippen LogP contribution in [0, 0.1) is 5.92 Å². The number of carbonyl (C=O) groups is 1. The number of benzene rings is 2. The second kappa shape index (κ2) is 9.31. The SMILES string of the molecule is CC(C)C(C(=O)OCc1[nH]ccc1Cc1cccc(Cl)c1)c1ccc(Cl)cc1. The first-order valence-electron chi connectivity index (χ1n) is 9.25. The molecule has 1 atom stereocenters. The maximum atomic E-state index is 12.8. The minimum Gasteiger partial charge on any atom is -0.459 e. The zero-order chi connectivity index (χ0) is 20.1. The molecule has 0 bridgehead atoms. The Balaban J connectivity index is 1.68. The predicted molar refractivity (Wildman–Crippen MR) is 114 cm³/mol. The molecule has 5 heteroatoms. The average Bonchev–Trinajstić information content (AvgIpc) is 3.08. The van der Waals surface area contributed by atoms with Crippen molar-refractivity contribution in [1.29, 1.82) is 0 Å². The van der Waals surface area contributed by atoms with Gasteiger partial charge in [0.05, 0.1) is 11.6 Å². The summed E-state index contributed by atoms with van der Waals surface area (Å²) in [4.78, 5) is 16.0. The first-order chi connectivity index (χ1) is 13.4. The number of halogens is 2. The van der Waals surface area contributed by atoms with Gasteiger partial charge in [0.2, 0.25) is 0 Å². The third-order valence-corrected chi connectivity index (χ3v) is 5.21. The lowest BCUT2D eigenvalue weighted by Gasteiger charge is -2.20. The smallest absolute Gasteiger partial charge is 0.314 e. The van der Waals surface area contributed by atoms with Gasteiger partial charge in [0.15, 0.2) is 0 Å². The Hall–Kier alpha value is -2.23. The van der Waals surface area contributed by atoms with Crippen LogP contribution in [0.1, 0.15) is 42.1 Å². The first kappa shape index (κ1) is 20.5. The van der Waals surface area contributed by atoms with Crippen molar-refractivity contribution >= 4 is 29.2 Å². The molecule has 2 aromatic carbocycles. The minimum atomic E-state index is -0.330. The summed E-state index contributed by atoms with van der Waals surface area (Å²) in [6.07, 6.45) is 2.59. The summed E-state index contributed by atoms with van der Waals surface area (Å²) in [5.74, 6) is -0.451. The summed E-state index contributed by atoms with van der Waals surface area (Å²) < 4.78 is 5.67. The van der Waals surface area contributed by atoms with Gasteiger partial charge in [-0.1, -0.05) is 61.3 Å². The molecular formula is C23H23Cl2NO2. The molecular weight excluding hydrogens is 393 g/mol. The molecule has 1 heterocycles. The van der Waals surface area contributed by atoms with Crippen molar-refractivity contribution in [3.63, 3.8) is 0 Å². The molecule has 0 fully saturated rings. The van der Waals surface area contributed by atoms with Gasteiger partial charge >= 0.3 is 5.97 Å². The Labute approximate surface area is 175 Å². The Morgan fingerprint density at radius 1 is 1.04 bits per heavy atom. The zero-order valence-corrected chi connectivity index (χ0v) is 17.4. The third-order valence-electron chi connectivity index (χ3n) is 4.72. The van der Waals surface area contributed by atoms with Gasteiger partial charge in [-0.2, -0.15) is 0 Å². The van der Waals surface area contributed by atoms with Gasteiger partial charge in [0.1, 0.15) is 6.61 Å². The highest BCUT2D eigenvalue weighted by molar-refractivity contribution is 6.30. The summed E-state index contributed by atoms with van der Waals surface area (Å²) in [5.41, 5.74) is 4.01. The molecule has 0 saturated heterocycles. The lowest BCUT2D eigenvalue weighted by atomic mass is 9.88. The third kappa shape index (κ3) is 5.18. The first-order valence-corrected chi connectivity index (χ1v) is 10.0. The fourth-order valence-corrected chi connectivity index (χ4v) is 3.64. The lowest BCUT2D eigenvalue weighted by molar-refractivity contribution is -0.148. The number of nitrogens with one attached hydrogen (secondary N) is 1. The van der Waals surface area contributed by atoms with Crippen LogP contribution in [0.15, 0.2) is 60.8 Å². The van der Waals surface area contributed by atoms with Crippen LogP contribution in [-0.2, 0) is 22.6 Å². The molecule has 3 aromatic rings. The summed E-state index contributed by atoms with van der Waals surface area (Å²) in [5, 5.41) is 1.36. The van der Waals surface area contributed by atoms with Crippen molar-refractivity contribution in [1.82, 2.24) is 4.98 Å². The molecule has 1 aromatic heterocycles. The number of ether oxygens (including phenoxy) is 1. The van der Waals surface area contributed by atoms with Crippen molar-refractivity contribution in [2.24, 2.45) is 5.92 Å². The van der Waals surface area contributed by atoms with Gasteiger partial charge in [0, 0.05) is 16.2 Å². The average molecular weight is 416 g/mol. The van der Waals surface area contributed by atoms with Gasteiger partial charge in [-0.25, -0.2) is 0 Å². The van der Waals surface area contributed by atoms with E-state index in [1.54, 1.807) is 12.1 Å². The molecule has 3 nitrogen and oxygen atoms in total. The minimum absolute atomic E-state index is 0.114. The maximum Gasteiger partial charge on any atom is 0.314 e. The van der Waals surface area contributed by atoms with Crippen molar-refractivity contribution in [2.75, 3.05) is 0 Å². The highest BCUT2D eigenvalue weighted by Crippen LogP contribution is 2.28. The second-order valence-corrected chi connectivity index (χ2v) is 8.04. The largest absolute Gasteiger partial charge is 0.459 e. The van der Waals surface area contributed by atoms with Crippen molar-refractivity contribution in [3.8, 4) is 0 Å². The quantitative estimate of drug-likeness (QED) is 0.453. The predicted octanol–water partition coefficient (Wildman–Crippen LogP) is 6.40. The van der Waals surface area contributed by atoms with E-state index in [9.17, 15) is 4.79 Å². The van der Waals surface area contributed by atoms with E-state index >= 15 is 0 Å². The zero-order valence-electron chi connectivity index (χ0n) is 15.9. The van der Waals surface area contributed by atoms with Crippen LogP contribution in [-0.4, -0.2) is 11.0 Å². The molecule has 1 N–H and O–H groups in total. The van der Waals surface area contributed by atoms with Crippen LogP contribution in [0.25, 0.3) is 0 Å². The Kier molecular flexibility index (Phi) is 6.82. The highest BCUT2D eigenvalue weighted by Gasteiger charge is 2.26. The van der Waals surface area contributed by atoms with E-state index in [1.807, 2.05) is 62.5 Å². The van der Waals surface area contributed by atoms with Crippen LogP contribution in [0.3, 0.4) is 0 Å². The van der Waals surface area contributed by atoms with Crippen LogP contribution in [0.2, 0.25) is 10.0 Å². The number of aromatic amines is 1. The Morgan fingerprint density at radius 2 is 1.79 bits per heavy atom. The molecule has 0 saturated carbocycles. The number of carbonyl (C=O) groups excluding carboxylic acids is 1. The number of rotatable bonds is 7. The van der Waals surface area contributed by atoms with Gasteiger partial charge in [-0.05, 0) is 59.4 Å². The molecule has 146 valence electrons. The van der Waals surface area contributed by atoms with Crippen molar-refractivity contribution in [2.45, 2.75) is 32.8 Å². The van der Waals surface area contributed by atoms with Crippen molar-refractivity contribution < 1.29 is 9.53 Å². The number of aromatic nitrogens is 1. The van der Waals surface area contributed by atoms with E-state index in [4.69, 9.17) is 27.9 Å². The van der Waals surface area contributed by atoms with Crippen molar-refractivity contribution in [3.05, 3.63) is 93.2 Å². The normalized spacial score (nSPS) is 12.2. The molecule has 1 unspecified atom stereocenters. The van der Waals surface area contributed by atoms with E-state index in [1.165, 1.54) is 0 Å². The molecule has 0 aliphatic rings. The number of H-pyrrole nitrogens is 1. The Bertz CT molecular complexity index is 932. The van der Waals surface area contributed by atoms with E-state index in [2.05, 4.69) is 4.98 Å². The van der Waals surface area contributed by atoms with E-state index in [0.29, 0.717) is 10.0 Å². The lowest BCUT2D eigenvalue weighted by Crippen LogP contribution is -2.21. The van der Waals surface area contributed by atoms with Gasteiger partial charge in [-0.15, -0.1) is 0 Å². The molecule has 0 aliphatic carbocycles. The van der Waals surface area contributed by atoms with Crippen LogP contribution >= 0.6 is 23.2 Å². The molecule has 0 amide bonds. The highest BCUT2D eigenvalue weighted by atomic mass is 35.5. The maximum absolute atomic E-state index is 12.8. The van der Waals surface area contributed by atoms with Gasteiger partial charge in [0.25, 0.3) is 0 Å². The molecule has 28 heavy (non-hydrogen) atoms. The van der Waals surface area contributed by atoms with Crippen LogP contribution in [0.5, 0.6) is 0 Å².